The first-order chi connectivity index (χ1) is 6.27. The van der Waals surface area contributed by atoms with Crippen LogP contribution < -0.4 is 5.32 Å². The van der Waals surface area contributed by atoms with Gasteiger partial charge >= 0.3 is 0 Å². The quantitative estimate of drug-likeness (QED) is 0.743. The fraction of sp³-hybridized carbons (Fsp3) is 0.778. The Morgan fingerprint density at radius 2 is 2.62 bits per heavy atom. The summed E-state index contributed by atoms with van der Waals surface area (Å²) in [4.78, 5) is 11.5. The topological polar surface area (TPSA) is 52.9 Å². The predicted molar refractivity (Wildman–Crippen MR) is 53.3 cm³/mol. The number of hydrogen-bond acceptors (Lipinski definition) is 3. The van der Waals surface area contributed by atoms with Crippen molar-refractivity contribution >= 4 is 17.7 Å². The van der Waals surface area contributed by atoms with Gasteiger partial charge in [-0.3, -0.25) is 4.79 Å². The minimum absolute atomic E-state index is 0.0379. The maximum atomic E-state index is 11.5. The third kappa shape index (κ3) is 2.92. The van der Waals surface area contributed by atoms with Gasteiger partial charge in [-0.2, -0.15) is 5.26 Å². The molecule has 0 aromatic rings. The van der Waals surface area contributed by atoms with Crippen LogP contribution >= 0.6 is 11.8 Å². The summed E-state index contributed by atoms with van der Waals surface area (Å²) in [6, 6.07) is 1.75. The van der Waals surface area contributed by atoms with Crippen LogP contribution in [0.15, 0.2) is 0 Å². The molecule has 1 heterocycles. The molecule has 72 valence electrons. The number of thioether (sulfide) groups is 1. The van der Waals surface area contributed by atoms with Crippen molar-refractivity contribution in [2.75, 3.05) is 5.75 Å². The number of nitriles is 1. The molecule has 0 saturated carbocycles. The number of carbonyl (C=O) groups excluding carboxylic acids is 1. The highest BCUT2D eigenvalue weighted by molar-refractivity contribution is 8.00. The van der Waals surface area contributed by atoms with Gasteiger partial charge in [-0.05, 0) is 25.0 Å². The first kappa shape index (κ1) is 10.4. The lowest BCUT2D eigenvalue weighted by Gasteiger charge is -2.12. The van der Waals surface area contributed by atoms with Crippen molar-refractivity contribution in [2.24, 2.45) is 0 Å². The molecule has 1 N–H and O–H groups in total. The van der Waals surface area contributed by atoms with E-state index in [2.05, 4.69) is 11.4 Å². The second-order valence-electron chi connectivity index (χ2n) is 3.10. The van der Waals surface area contributed by atoms with Gasteiger partial charge in [0.2, 0.25) is 5.91 Å². The molecule has 0 spiro atoms. The average Bonchev–Trinajstić information content (AvgIpc) is 2.66. The standard InChI is InChI=1S/C9H14N2OS/c1-2-7(6-10)11-9(12)8-4-3-5-13-8/h7-8H,2-5H2,1H3,(H,11,12). The van der Waals surface area contributed by atoms with E-state index >= 15 is 0 Å². The molecule has 0 aromatic heterocycles. The second-order valence-corrected chi connectivity index (χ2v) is 4.41. The first-order valence-corrected chi connectivity index (χ1v) is 5.64. The van der Waals surface area contributed by atoms with Gasteiger partial charge in [-0.25, -0.2) is 0 Å². The van der Waals surface area contributed by atoms with E-state index in [1.165, 1.54) is 0 Å². The van der Waals surface area contributed by atoms with Crippen molar-refractivity contribution in [2.45, 2.75) is 37.5 Å². The lowest BCUT2D eigenvalue weighted by atomic mass is 10.2. The summed E-state index contributed by atoms with van der Waals surface area (Å²) in [5.74, 6) is 1.11. The summed E-state index contributed by atoms with van der Waals surface area (Å²) < 4.78 is 0. The second kappa shape index (κ2) is 5.13. The molecule has 2 unspecified atom stereocenters. The zero-order valence-corrected chi connectivity index (χ0v) is 8.56. The summed E-state index contributed by atoms with van der Waals surface area (Å²) in [5, 5.41) is 11.5. The Kier molecular flexibility index (Phi) is 4.10. The highest BCUT2D eigenvalue weighted by Crippen LogP contribution is 2.26. The van der Waals surface area contributed by atoms with Crippen molar-refractivity contribution in [3.8, 4) is 6.07 Å². The number of nitrogens with zero attached hydrogens (tertiary/aromatic N) is 1. The van der Waals surface area contributed by atoms with E-state index in [-0.39, 0.29) is 17.2 Å². The zero-order valence-electron chi connectivity index (χ0n) is 7.75. The van der Waals surface area contributed by atoms with Crippen LogP contribution in [0.4, 0.5) is 0 Å². The fourth-order valence-corrected chi connectivity index (χ4v) is 2.45. The van der Waals surface area contributed by atoms with Gasteiger partial charge in [0, 0.05) is 0 Å². The Labute approximate surface area is 82.9 Å². The molecule has 0 aliphatic carbocycles. The van der Waals surface area contributed by atoms with Gasteiger partial charge < -0.3 is 5.32 Å². The molecule has 1 amide bonds. The Balaban J connectivity index is 2.35. The Bertz CT molecular complexity index is 218. The van der Waals surface area contributed by atoms with Crippen molar-refractivity contribution in [3.63, 3.8) is 0 Å². The molecule has 0 aromatic carbocycles. The molecule has 0 radical (unpaired) electrons. The van der Waals surface area contributed by atoms with Crippen molar-refractivity contribution < 1.29 is 4.79 Å². The van der Waals surface area contributed by atoms with E-state index in [4.69, 9.17) is 5.26 Å². The van der Waals surface area contributed by atoms with E-state index in [1.54, 1.807) is 11.8 Å². The highest BCUT2D eigenvalue weighted by atomic mass is 32.2. The fourth-order valence-electron chi connectivity index (χ4n) is 1.27. The van der Waals surface area contributed by atoms with Gasteiger partial charge in [-0.15, -0.1) is 11.8 Å². The third-order valence-electron chi connectivity index (χ3n) is 2.10. The number of hydrogen-bond donors (Lipinski definition) is 1. The highest BCUT2D eigenvalue weighted by Gasteiger charge is 2.24. The average molecular weight is 198 g/mol. The lowest BCUT2D eigenvalue weighted by molar-refractivity contribution is -0.120. The van der Waals surface area contributed by atoms with Crippen LogP contribution in [0, 0.1) is 11.3 Å². The Morgan fingerprint density at radius 3 is 3.08 bits per heavy atom. The summed E-state index contributed by atoms with van der Waals surface area (Å²) in [6.07, 6.45) is 2.75. The smallest absolute Gasteiger partial charge is 0.234 e. The lowest BCUT2D eigenvalue weighted by Crippen LogP contribution is -2.38. The van der Waals surface area contributed by atoms with Gasteiger partial charge in [0.1, 0.15) is 6.04 Å². The van der Waals surface area contributed by atoms with Gasteiger partial charge in [-0.1, -0.05) is 6.92 Å². The van der Waals surface area contributed by atoms with Crippen LogP contribution in [-0.4, -0.2) is 23.0 Å². The number of carbonyl (C=O) groups is 1. The molecule has 1 aliphatic heterocycles. The van der Waals surface area contributed by atoms with E-state index in [1.807, 2.05) is 6.92 Å². The van der Waals surface area contributed by atoms with Crippen LogP contribution in [0.25, 0.3) is 0 Å². The molecule has 1 fully saturated rings. The molecule has 0 bridgehead atoms. The van der Waals surface area contributed by atoms with E-state index in [0.717, 1.165) is 18.6 Å². The molecular formula is C9H14N2OS. The predicted octanol–water partition coefficient (Wildman–Crippen LogP) is 1.30. The van der Waals surface area contributed by atoms with Crippen LogP contribution in [-0.2, 0) is 4.79 Å². The molecule has 1 rings (SSSR count). The van der Waals surface area contributed by atoms with Gasteiger partial charge in [0.25, 0.3) is 0 Å². The molecule has 4 heteroatoms. The summed E-state index contributed by atoms with van der Waals surface area (Å²) in [7, 11) is 0. The zero-order chi connectivity index (χ0) is 9.68. The Hall–Kier alpha value is -0.690. The first-order valence-electron chi connectivity index (χ1n) is 4.59. The molecule has 2 atom stereocenters. The van der Waals surface area contributed by atoms with Crippen molar-refractivity contribution in [1.29, 1.82) is 5.26 Å². The summed E-state index contributed by atoms with van der Waals surface area (Å²) in [6.45, 7) is 1.90. The third-order valence-corrected chi connectivity index (χ3v) is 3.48. The van der Waals surface area contributed by atoms with E-state index < -0.39 is 0 Å². The minimum atomic E-state index is -0.311. The molecule has 3 nitrogen and oxygen atoms in total. The number of nitrogens with one attached hydrogen (secondary N) is 1. The molecular weight excluding hydrogens is 184 g/mol. The van der Waals surface area contributed by atoms with E-state index in [0.29, 0.717) is 6.42 Å². The van der Waals surface area contributed by atoms with Crippen molar-refractivity contribution in [1.82, 2.24) is 5.32 Å². The monoisotopic (exact) mass is 198 g/mol. The van der Waals surface area contributed by atoms with Crippen LogP contribution in [0.2, 0.25) is 0 Å². The van der Waals surface area contributed by atoms with Crippen molar-refractivity contribution in [3.05, 3.63) is 0 Å². The maximum absolute atomic E-state index is 11.5. The Morgan fingerprint density at radius 1 is 1.85 bits per heavy atom. The normalized spacial score (nSPS) is 23.5. The summed E-state index contributed by atoms with van der Waals surface area (Å²) in [5.41, 5.74) is 0. The van der Waals surface area contributed by atoms with Crippen LogP contribution in [0.1, 0.15) is 26.2 Å². The molecule has 1 aliphatic rings. The van der Waals surface area contributed by atoms with E-state index in [9.17, 15) is 4.79 Å². The number of amides is 1. The van der Waals surface area contributed by atoms with Crippen LogP contribution in [0.5, 0.6) is 0 Å². The largest absolute Gasteiger partial charge is 0.339 e. The van der Waals surface area contributed by atoms with Crippen LogP contribution in [0.3, 0.4) is 0 Å². The SMILES string of the molecule is CCC(C#N)NC(=O)C1CCCS1. The number of rotatable bonds is 3. The maximum Gasteiger partial charge on any atom is 0.234 e. The van der Waals surface area contributed by atoms with Gasteiger partial charge in [0.15, 0.2) is 0 Å². The minimum Gasteiger partial charge on any atom is -0.339 e. The molecule has 1 saturated heterocycles. The summed E-state index contributed by atoms with van der Waals surface area (Å²) >= 11 is 1.69. The van der Waals surface area contributed by atoms with Gasteiger partial charge in [0.05, 0.1) is 11.3 Å². The molecule has 13 heavy (non-hydrogen) atoms.